The fourth-order valence-electron chi connectivity index (χ4n) is 2.82. The second kappa shape index (κ2) is 6.48. The van der Waals surface area contributed by atoms with Gasteiger partial charge in [-0.3, -0.25) is 4.79 Å². The van der Waals surface area contributed by atoms with Crippen molar-refractivity contribution in [2.45, 2.75) is 19.3 Å². The predicted octanol–water partition coefficient (Wildman–Crippen LogP) is 3.83. The van der Waals surface area contributed by atoms with Crippen LogP contribution in [-0.4, -0.2) is 17.4 Å². The minimum atomic E-state index is 0.0840. The number of aromatic nitrogens is 1. The molecule has 1 aromatic heterocycles. The summed E-state index contributed by atoms with van der Waals surface area (Å²) >= 11 is 0. The van der Waals surface area contributed by atoms with E-state index in [4.69, 9.17) is 0 Å². The third-order valence-corrected chi connectivity index (χ3v) is 4.02. The summed E-state index contributed by atoms with van der Waals surface area (Å²) in [6.45, 7) is 2.48. The molecule has 0 bridgehead atoms. The molecule has 1 amide bonds. The first-order chi connectivity index (χ1) is 10.8. The first-order valence-corrected chi connectivity index (χ1v) is 7.67. The van der Waals surface area contributed by atoms with Crippen LogP contribution in [0.5, 0.6) is 0 Å². The highest BCUT2D eigenvalue weighted by atomic mass is 16.1. The number of aromatic amines is 1. The van der Waals surface area contributed by atoms with Gasteiger partial charge >= 0.3 is 0 Å². The van der Waals surface area contributed by atoms with Crippen molar-refractivity contribution in [1.82, 2.24) is 10.3 Å². The van der Waals surface area contributed by atoms with E-state index in [-0.39, 0.29) is 11.8 Å². The van der Waals surface area contributed by atoms with Crippen molar-refractivity contribution in [1.29, 1.82) is 0 Å². The maximum atomic E-state index is 11.7. The number of carbonyl (C=O) groups excluding carboxylic acids is 1. The number of H-pyrrole nitrogens is 1. The van der Waals surface area contributed by atoms with Crippen LogP contribution in [0.3, 0.4) is 0 Å². The molecule has 1 unspecified atom stereocenters. The molecule has 0 fully saturated rings. The van der Waals surface area contributed by atoms with E-state index in [2.05, 4.69) is 40.8 Å². The zero-order valence-electron chi connectivity index (χ0n) is 12.7. The largest absolute Gasteiger partial charge is 0.361 e. The van der Waals surface area contributed by atoms with E-state index in [1.807, 2.05) is 37.3 Å². The van der Waals surface area contributed by atoms with Gasteiger partial charge in [-0.15, -0.1) is 0 Å². The third kappa shape index (κ3) is 2.89. The molecule has 3 aromatic rings. The molecule has 0 aliphatic carbocycles. The Labute approximate surface area is 130 Å². The van der Waals surface area contributed by atoms with Crippen molar-refractivity contribution in [2.75, 3.05) is 6.54 Å². The maximum Gasteiger partial charge on any atom is 0.219 e. The fraction of sp³-hybridized carbons (Fsp3) is 0.211. The van der Waals surface area contributed by atoms with E-state index >= 15 is 0 Å². The van der Waals surface area contributed by atoms with Gasteiger partial charge in [-0.1, -0.05) is 55.5 Å². The number of rotatable bonds is 5. The van der Waals surface area contributed by atoms with Gasteiger partial charge in [0.05, 0.1) is 0 Å². The number of amides is 1. The Bertz CT molecular complexity index is 761. The van der Waals surface area contributed by atoms with Crippen LogP contribution in [0.15, 0.2) is 60.8 Å². The molecule has 2 aromatic carbocycles. The highest BCUT2D eigenvalue weighted by molar-refractivity contribution is 5.84. The Kier molecular flexibility index (Phi) is 4.24. The molecule has 0 spiro atoms. The average Bonchev–Trinajstić information content (AvgIpc) is 3.00. The summed E-state index contributed by atoms with van der Waals surface area (Å²) in [4.78, 5) is 15.0. The Hall–Kier alpha value is -2.55. The van der Waals surface area contributed by atoms with Crippen molar-refractivity contribution in [3.63, 3.8) is 0 Å². The first-order valence-electron chi connectivity index (χ1n) is 7.67. The number of benzene rings is 2. The summed E-state index contributed by atoms with van der Waals surface area (Å²) in [6, 6.07) is 18.6. The van der Waals surface area contributed by atoms with Gasteiger partial charge in [-0.05, 0) is 17.2 Å². The summed E-state index contributed by atoms with van der Waals surface area (Å²) in [5.74, 6) is 0.230. The Morgan fingerprint density at radius 1 is 1.09 bits per heavy atom. The van der Waals surface area contributed by atoms with Gasteiger partial charge in [0.2, 0.25) is 5.91 Å². The Morgan fingerprint density at radius 2 is 1.82 bits per heavy atom. The number of carbonyl (C=O) groups is 1. The first kappa shape index (κ1) is 14.4. The predicted molar refractivity (Wildman–Crippen MR) is 89.9 cm³/mol. The molecular formula is C19H20N2O. The molecule has 0 radical (unpaired) electrons. The topological polar surface area (TPSA) is 44.9 Å². The number of nitrogens with one attached hydrogen (secondary N) is 2. The number of hydrogen-bond acceptors (Lipinski definition) is 1. The summed E-state index contributed by atoms with van der Waals surface area (Å²) in [7, 11) is 0. The summed E-state index contributed by atoms with van der Waals surface area (Å²) in [6.07, 6.45) is 2.57. The molecule has 0 saturated heterocycles. The fourth-order valence-corrected chi connectivity index (χ4v) is 2.82. The zero-order chi connectivity index (χ0) is 15.4. The molecule has 0 aliphatic heterocycles. The van der Waals surface area contributed by atoms with Gasteiger partial charge in [0.1, 0.15) is 0 Å². The van der Waals surface area contributed by atoms with Gasteiger partial charge in [0.15, 0.2) is 0 Å². The quantitative estimate of drug-likeness (QED) is 0.737. The van der Waals surface area contributed by atoms with Crippen LogP contribution >= 0.6 is 0 Å². The van der Waals surface area contributed by atoms with E-state index in [1.54, 1.807) is 0 Å². The molecule has 22 heavy (non-hydrogen) atoms. The summed E-state index contributed by atoms with van der Waals surface area (Å²) < 4.78 is 0. The van der Waals surface area contributed by atoms with Crippen molar-refractivity contribution >= 4 is 16.8 Å². The molecule has 0 saturated carbocycles. The number of para-hydroxylation sites is 1. The molecule has 1 heterocycles. The highest BCUT2D eigenvalue weighted by Crippen LogP contribution is 2.30. The van der Waals surface area contributed by atoms with Gasteiger partial charge in [-0.2, -0.15) is 0 Å². The molecule has 3 heteroatoms. The lowest BCUT2D eigenvalue weighted by Gasteiger charge is -2.18. The van der Waals surface area contributed by atoms with Crippen molar-refractivity contribution in [3.05, 3.63) is 71.9 Å². The van der Waals surface area contributed by atoms with Gasteiger partial charge in [0, 0.05) is 36.0 Å². The smallest absolute Gasteiger partial charge is 0.219 e. The molecule has 3 nitrogen and oxygen atoms in total. The number of fused-ring (bicyclic) bond motifs is 1. The van der Waals surface area contributed by atoms with Crippen LogP contribution in [0.1, 0.15) is 30.4 Å². The lowest BCUT2D eigenvalue weighted by molar-refractivity contribution is -0.120. The van der Waals surface area contributed by atoms with Crippen LogP contribution in [0, 0.1) is 0 Å². The van der Waals surface area contributed by atoms with Gasteiger partial charge in [-0.25, -0.2) is 0 Å². The van der Waals surface area contributed by atoms with E-state index in [0.717, 1.165) is 5.52 Å². The second-order valence-electron chi connectivity index (χ2n) is 5.41. The lowest BCUT2D eigenvalue weighted by Crippen LogP contribution is -2.28. The van der Waals surface area contributed by atoms with E-state index < -0.39 is 0 Å². The minimum absolute atomic E-state index is 0.0840. The molecule has 1 atom stereocenters. The molecular weight excluding hydrogens is 272 g/mol. The highest BCUT2D eigenvalue weighted by Gasteiger charge is 2.18. The Morgan fingerprint density at radius 3 is 2.59 bits per heavy atom. The minimum Gasteiger partial charge on any atom is -0.361 e. The van der Waals surface area contributed by atoms with Crippen molar-refractivity contribution in [3.8, 4) is 0 Å². The van der Waals surface area contributed by atoms with Crippen LogP contribution in [0.4, 0.5) is 0 Å². The molecule has 0 aliphatic rings. The zero-order valence-corrected chi connectivity index (χ0v) is 12.7. The number of hydrogen-bond donors (Lipinski definition) is 2. The Balaban J connectivity index is 1.99. The molecule has 112 valence electrons. The monoisotopic (exact) mass is 292 g/mol. The van der Waals surface area contributed by atoms with Crippen LogP contribution < -0.4 is 5.32 Å². The molecule has 2 N–H and O–H groups in total. The third-order valence-electron chi connectivity index (χ3n) is 4.02. The second-order valence-corrected chi connectivity index (χ2v) is 5.41. The summed E-state index contributed by atoms with van der Waals surface area (Å²) in [5, 5.41) is 4.24. The van der Waals surface area contributed by atoms with Crippen molar-refractivity contribution < 1.29 is 4.79 Å². The van der Waals surface area contributed by atoms with E-state index in [9.17, 15) is 4.79 Å². The molecule has 3 rings (SSSR count). The van der Waals surface area contributed by atoms with Crippen molar-refractivity contribution in [2.24, 2.45) is 0 Å². The maximum absolute atomic E-state index is 11.7. The van der Waals surface area contributed by atoms with Gasteiger partial charge in [0.25, 0.3) is 0 Å². The van der Waals surface area contributed by atoms with Crippen LogP contribution in [-0.2, 0) is 4.79 Å². The van der Waals surface area contributed by atoms with E-state index in [1.165, 1.54) is 16.5 Å². The van der Waals surface area contributed by atoms with Gasteiger partial charge < -0.3 is 10.3 Å². The SMILES string of the molecule is CCC(=O)NCC(c1ccccc1)c1c[nH]c2ccccc12. The van der Waals surface area contributed by atoms with Crippen LogP contribution in [0.2, 0.25) is 0 Å². The lowest BCUT2D eigenvalue weighted by atomic mass is 9.91. The average molecular weight is 292 g/mol. The van der Waals surface area contributed by atoms with E-state index in [0.29, 0.717) is 13.0 Å². The van der Waals surface area contributed by atoms with Crippen LogP contribution in [0.25, 0.3) is 10.9 Å². The standard InChI is InChI=1S/C19H20N2O/c1-2-19(22)21-12-16(14-8-4-3-5-9-14)17-13-20-18-11-7-6-10-15(17)18/h3-11,13,16,20H,2,12H2,1H3,(H,21,22). The normalized spacial score (nSPS) is 12.2. The summed E-state index contributed by atoms with van der Waals surface area (Å²) in [5.41, 5.74) is 3.56.